The summed E-state index contributed by atoms with van der Waals surface area (Å²) in [5.74, 6) is 0.188. The van der Waals surface area contributed by atoms with E-state index in [0.717, 1.165) is 25.7 Å². The summed E-state index contributed by atoms with van der Waals surface area (Å²) in [6.07, 6.45) is 7.93. The topological polar surface area (TPSA) is 58.2 Å². The molecule has 2 amide bonds. The molecule has 1 saturated carbocycles. The first-order chi connectivity index (χ1) is 15.0. The number of amides is 2. The van der Waals surface area contributed by atoms with Gasteiger partial charge in [0.1, 0.15) is 0 Å². The first-order valence-corrected chi connectivity index (χ1v) is 11.7. The van der Waals surface area contributed by atoms with Crippen LogP contribution in [0.4, 0.5) is 0 Å². The molecule has 2 aromatic carbocycles. The maximum absolute atomic E-state index is 12.8. The maximum Gasteiger partial charge on any atom is 0.220 e. The smallest absolute Gasteiger partial charge is 0.220 e. The highest BCUT2D eigenvalue weighted by Crippen LogP contribution is 2.40. The number of benzene rings is 2. The Bertz CT molecular complexity index is 901. The predicted octanol–water partition coefficient (Wildman–Crippen LogP) is 4.59. The van der Waals surface area contributed by atoms with Crippen molar-refractivity contribution in [3.05, 3.63) is 71.3 Å². The molecule has 1 aliphatic heterocycles. The average molecular weight is 419 g/mol. The van der Waals surface area contributed by atoms with Crippen molar-refractivity contribution in [1.29, 1.82) is 0 Å². The fourth-order valence-corrected chi connectivity index (χ4v) is 5.40. The Kier molecular flexibility index (Phi) is 6.45. The van der Waals surface area contributed by atoms with Gasteiger partial charge in [0.2, 0.25) is 11.8 Å². The van der Waals surface area contributed by atoms with Gasteiger partial charge in [-0.3, -0.25) is 9.59 Å². The highest BCUT2D eigenvalue weighted by molar-refractivity contribution is 5.80. The Morgan fingerprint density at radius 2 is 1.71 bits per heavy atom. The first kappa shape index (κ1) is 21.6. The van der Waals surface area contributed by atoms with Crippen molar-refractivity contribution in [3.8, 4) is 0 Å². The van der Waals surface area contributed by atoms with Gasteiger partial charge in [0.25, 0.3) is 0 Å². The summed E-state index contributed by atoms with van der Waals surface area (Å²) in [6.45, 7) is 2.78. The number of carbonyl (C=O) groups is 2. The summed E-state index contributed by atoms with van der Waals surface area (Å²) in [4.78, 5) is 24.9. The van der Waals surface area contributed by atoms with E-state index in [-0.39, 0.29) is 22.8 Å². The summed E-state index contributed by atoms with van der Waals surface area (Å²) < 4.78 is 0. The normalized spacial score (nSPS) is 22.3. The van der Waals surface area contributed by atoms with Gasteiger partial charge >= 0.3 is 0 Å². The lowest BCUT2D eigenvalue weighted by molar-refractivity contribution is -0.123. The third kappa shape index (κ3) is 5.17. The van der Waals surface area contributed by atoms with Crippen LogP contribution in [0.5, 0.6) is 0 Å². The van der Waals surface area contributed by atoms with E-state index in [1.165, 1.54) is 29.5 Å². The summed E-state index contributed by atoms with van der Waals surface area (Å²) in [7, 11) is 0. The Balaban J connectivity index is 1.37. The van der Waals surface area contributed by atoms with Crippen LogP contribution in [-0.4, -0.2) is 23.9 Å². The molecule has 2 fully saturated rings. The molecule has 1 saturated heterocycles. The lowest BCUT2D eigenvalue weighted by atomic mass is 9.78. The molecule has 1 aliphatic carbocycles. The molecular formula is C27H34N2O2. The Morgan fingerprint density at radius 3 is 2.35 bits per heavy atom. The van der Waals surface area contributed by atoms with Crippen molar-refractivity contribution in [2.24, 2.45) is 0 Å². The van der Waals surface area contributed by atoms with Crippen LogP contribution < -0.4 is 10.6 Å². The Morgan fingerprint density at radius 1 is 1.00 bits per heavy atom. The Hall–Kier alpha value is -2.62. The van der Waals surface area contributed by atoms with Crippen LogP contribution in [0.3, 0.4) is 0 Å². The molecule has 2 aliphatic rings. The van der Waals surface area contributed by atoms with Crippen molar-refractivity contribution >= 4 is 11.8 Å². The first-order valence-electron chi connectivity index (χ1n) is 11.7. The van der Waals surface area contributed by atoms with Crippen LogP contribution >= 0.6 is 0 Å². The van der Waals surface area contributed by atoms with Gasteiger partial charge in [-0.2, -0.15) is 0 Å². The van der Waals surface area contributed by atoms with E-state index < -0.39 is 0 Å². The van der Waals surface area contributed by atoms with E-state index in [1.807, 2.05) is 6.07 Å². The molecule has 4 heteroatoms. The molecule has 0 unspecified atom stereocenters. The Labute approximate surface area is 185 Å². The fraction of sp³-hybridized carbons (Fsp3) is 0.481. The third-order valence-electron chi connectivity index (χ3n) is 7.30. The number of hydrogen-bond acceptors (Lipinski definition) is 2. The molecule has 4 rings (SSSR count). The monoisotopic (exact) mass is 418 g/mol. The number of aryl methyl sites for hydroxylation is 1. The molecule has 2 N–H and O–H groups in total. The SMILES string of the molecule is Cc1ccc(C[C@@]2(CCC(=O)NCC3(c4ccccc4)CCCC3)CCC(=O)N2)cc1. The summed E-state index contributed by atoms with van der Waals surface area (Å²) >= 11 is 0. The van der Waals surface area contributed by atoms with E-state index in [1.54, 1.807) is 0 Å². The number of nitrogens with one attached hydrogen (secondary N) is 2. The largest absolute Gasteiger partial charge is 0.355 e. The van der Waals surface area contributed by atoms with Crippen molar-refractivity contribution in [2.45, 2.75) is 75.7 Å². The van der Waals surface area contributed by atoms with Gasteiger partial charge in [-0.15, -0.1) is 0 Å². The van der Waals surface area contributed by atoms with Crippen molar-refractivity contribution in [2.75, 3.05) is 6.54 Å². The van der Waals surface area contributed by atoms with Crippen LogP contribution in [-0.2, 0) is 21.4 Å². The molecular weight excluding hydrogens is 384 g/mol. The summed E-state index contributed by atoms with van der Waals surface area (Å²) in [5, 5.41) is 6.43. The molecule has 1 atom stereocenters. The minimum Gasteiger partial charge on any atom is -0.355 e. The zero-order valence-electron chi connectivity index (χ0n) is 18.6. The van der Waals surface area contributed by atoms with E-state index in [4.69, 9.17) is 0 Å². The van der Waals surface area contributed by atoms with Crippen molar-refractivity contribution in [3.63, 3.8) is 0 Å². The van der Waals surface area contributed by atoms with Crippen molar-refractivity contribution in [1.82, 2.24) is 10.6 Å². The zero-order valence-corrected chi connectivity index (χ0v) is 18.6. The van der Waals surface area contributed by atoms with E-state index in [0.29, 0.717) is 25.8 Å². The van der Waals surface area contributed by atoms with Gasteiger partial charge < -0.3 is 10.6 Å². The molecule has 164 valence electrons. The predicted molar refractivity (Wildman–Crippen MR) is 124 cm³/mol. The molecule has 31 heavy (non-hydrogen) atoms. The van der Waals surface area contributed by atoms with Gasteiger partial charge in [0.05, 0.1) is 0 Å². The molecule has 1 heterocycles. The van der Waals surface area contributed by atoms with Gasteiger partial charge in [0, 0.05) is 30.3 Å². The van der Waals surface area contributed by atoms with Gasteiger partial charge in [-0.25, -0.2) is 0 Å². The summed E-state index contributed by atoms with van der Waals surface area (Å²) in [6, 6.07) is 19.1. The lowest BCUT2D eigenvalue weighted by Crippen LogP contribution is -2.45. The van der Waals surface area contributed by atoms with Crippen LogP contribution in [0.1, 0.15) is 68.1 Å². The van der Waals surface area contributed by atoms with Gasteiger partial charge in [-0.05, 0) is 50.2 Å². The number of hydrogen-bond donors (Lipinski definition) is 2. The molecule has 2 aromatic rings. The van der Waals surface area contributed by atoms with Crippen LogP contribution in [0.2, 0.25) is 0 Å². The average Bonchev–Trinajstić information content (AvgIpc) is 3.41. The second kappa shape index (κ2) is 9.25. The van der Waals surface area contributed by atoms with Gasteiger partial charge in [-0.1, -0.05) is 73.0 Å². The van der Waals surface area contributed by atoms with Crippen LogP contribution in [0, 0.1) is 6.92 Å². The third-order valence-corrected chi connectivity index (χ3v) is 7.30. The standard InChI is InChI=1S/C27H34N2O2/c1-21-9-11-22(12-10-21)19-27(18-14-25(31)29-27)17-13-24(30)28-20-26(15-5-6-16-26)23-7-3-2-4-8-23/h2-4,7-12H,5-6,13-20H2,1H3,(H,28,30)(H,29,31)/t27-/m1/s1. The van der Waals surface area contributed by atoms with E-state index in [2.05, 4.69) is 66.1 Å². The van der Waals surface area contributed by atoms with E-state index >= 15 is 0 Å². The van der Waals surface area contributed by atoms with Crippen LogP contribution in [0.25, 0.3) is 0 Å². The quantitative estimate of drug-likeness (QED) is 0.658. The highest BCUT2D eigenvalue weighted by atomic mass is 16.2. The molecule has 0 spiro atoms. The minimum atomic E-state index is -0.311. The van der Waals surface area contributed by atoms with Crippen LogP contribution in [0.15, 0.2) is 54.6 Å². The molecule has 0 radical (unpaired) electrons. The van der Waals surface area contributed by atoms with Gasteiger partial charge in [0.15, 0.2) is 0 Å². The zero-order chi connectivity index (χ0) is 21.7. The molecule has 0 bridgehead atoms. The maximum atomic E-state index is 12.8. The second-order valence-corrected chi connectivity index (χ2v) is 9.62. The summed E-state index contributed by atoms with van der Waals surface area (Å²) in [5.41, 5.74) is 3.53. The number of rotatable bonds is 8. The lowest BCUT2D eigenvalue weighted by Gasteiger charge is -2.31. The van der Waals surface area contributed by atoms with Crippen molar-refractivity contribution < 1.29 is 9.59 Å². The molecule has 4 nitrogen and oxygen atoms in total. The highest BCUT2D eigenvalue weighted by Gasteiger charge is 2.39. The minimum absolute atomic E-state index is 0.0675. The molecule has 0 aromatic heterocycles. The second-order valence-electron chi connectivity index (χ2n) is 9.62. The van der Waals surface area contributed by atoms with E-state index in [9.17, 15) is 9.59 Å². The number of carbonyl (C=O) groups excluding carboxylic acids is 2. The fourth-order valence-electron chi connectivity index (χ4n) is 5.40.